The number of carbonyl (C=O) groups excluding carboxylic acids is 1. The van der Waals surface area contributed by atoms with Crippen LogP contribution in [0.2, 0.25) is 0 Å². The van der Waals surface area contributed by atoms with Crippen molar-refractivity contribution in [2.24, 2.45) is 5.92 Å². The summed E-state index contributed by atoms with van der Waals surface area (Å²) in [5.74, 6) is 0.777. The van der Waals surface area contributed by atoms with E-state index in [1.165, 1.54) is 12.8 Å². The van der Waals surface area contributed by atoms with Crippen LogP contribution in [0.1, 0.15) is 28.8 Å². The fraction of sp³-hybridized carbons (Fsp3) is 0.533. The molecule has 0 spiro atoms. The molecule has 0 radical (unpaired) electrons. The lowest BCUT2D eigenvalue weighted by Crippen LogP contribution is -2.30. The highest BCUT2D eigenvalue weighted by Crippen LogP contribution is 2.28. The second-order valence-electron chi connectivity index (χ2n) is 5.32. The van der Waals surface area contributed by atoms with E-state index < -0.39 is 0 Å². The van der Waals surface area contributed by atoms with Crippen molar-refractivity contribution in [1.82, 2.24) is 4.90 Å². The van der Waals surface area contributed by atoms with Gasteiger partial charge in [0.1, 0.15) is 0 Å². The van der Waals surface area contributed by atoms with E-state index in [0.717, 1.165) is 18.1 Å². The lowest BCUT2D eigenvalue weighted by atomic mass is 10.1. The third kappa shape index (κ3) is 3.96. The minimum absolute atomic E-state index is 0.0121. The SMILES string of the molecule is Cc1cc(C(=O)N(C)CCOCC2CC2)ccc1N. The number of ether oxygens (including phenoxy) is 1. The number of aryl methyl sites for hydroxylation is 1. The molecule has 0 atom stereocenters. The first-order valence-electron chi connectivity index (χ1n) is 6.77. The smallest absolute Gasteiger partial charge is 0.253 e. The summed E-state index contributed by atoms with van der Waals surface area (Å²) in [6.07, 6.45) is 2.58. The van der Waals surface area contributed by atoms with E-state index >= 15 is 0 Å². The standard InChI is InChI=1S/C15H22N2O2/c1-11-9-13(5-6-14(11)16)15(18)17(2)7-8-19-10-12-3-4-12/h5-6,9,12H,3-4,7-8,10,16H2,1-2H3. The number of likely N-dealkylation sites (N-methyl/N-ethyl adjacent to an activating group) is 1. The highest BCUT2D eigenvalue weighted by molar-refractivity contribution is 5.94. The molecule has 0 heterocycles. The monoisotopic (exact) mass is 262 g/mol. The summed E-state index contributed by atoms with van der Waals surface area (Å²) in [4.78, 5) is 13.9. The van der Waals surface area contributed by atoms with Crippen LogP contribution in [-0.2, 0) is 4.74 Å². The summed E-state index contributed by atoms with van der Waals surface area (Å²) in [6.45, 7) is 3.97. The third-order valence-corrected chi connectivity index (χ3v) is 3.48. The summed E-state index contributed by atoms with van der Waals surface area (Å²) < 4.78 is 5.54. The number of rotatable bonds is 6. The van der Waals surface area contributed by atoms with Gasteiger partial charge >= 0.3 is 0 Å². The van der Waals surface area contributed by atoms with Crippen molar-refractivity contribution in [1.29, 1.82) is 0 Å². The molecule has 1 amide bonds. The van der Waals surface area contributed by atoms with Gasteiger partial charge < -0.3 is 15.4 Å². The first kappa shape index (κ1) is 13.9. The van der Waals surface area contributed by atoms with Crippen molar-refractivity contribution in [3.8, 4) is 0 Å². The van der Waals surface area contributed by atoms with Crippen LogP contribution < -0.4 is 5.73 Å². The van der Waals surface area contributed by atoms with Crippen molar-refractivity contribution in [2.45, 2.75) is 19.8 Å². The molecule has 2 N–H and O–H groups in total. The molecule has 2 rings (SSSR count). The average Bonchev–Trinajstić information content (AvgIpc) is 3.21. The molecule has 0 aromatic heterocycles. The summed E-state index contributed by atoms with van der Waals surface area (Å²) in [5.41, 5.74) is 8.08. The molecule has 4 heteroatoms. The molecule has 1 fully saturated rings. The maximum absolute atomic E-state index is 12.2. The molecule has 0 bridgehead atoms. The van der Waals surface area contributed by atoms with Gasteiger partial charge in [-0.1, -0.05) is 0 Å². The molecular formula is C15H22N2O2. The number of benzene rings is 1. The van der Waals surface area contributed by atoms with Gasteiger partial charge in [-0.05, 0) is 49.4 Å². The molecule has 0 unspecified atom stereocenters. The predicted molar refractivity (Wildman–Crippen MR) is 76.1 cm³/mol. The van der Waals surface area contributed by atoms with E-state index in [1.54, 1.807) is 24.1 Å². The minimum atomic E-state index is 0.0121. The lowest BCUT2D eigenvalue weighted by molar-refractivity contribution is 0.0681. The van der Waals surface area contributed by atoms with Crippen LogP contribution in [0, 0.1) is 12.8 Å². The third-order valence-electron chi connectivity index (χ3n) is 3.48. The van der Waals surface area contributed by atoms with Gasteiger partial charge in [0.15, 0.2) is 0 Å². The van der Waals surface area contributed by atoms with Crippen LogP contribution in [-0.4, -0.2) is 37.6 Å². The molecule has 1 aliphatic rings. The number of hydrogen-bond acceptors (Lipinski definition) is 3. The number of carbonyl (C=O) groups is 1. The second kappa shape index (κ2) is 6.06. The Morgan fingerprint density at radius 1 is 1.47 bits per heavy atom. The van der Waals surface area contributed by atoms with Crippen molar-refractivity contribution in [2.75, 3.05) is 32.5 Å². The molecule has 19 heavy (non-hydrogen) atoms. The lowest BCUT2D eigenvalue weighted by Gasteiger charge is -2.17. The molecule has 4 nitrogen and oxygen atoms in total. The maximum Gasteiger partial charge on any atom is 0.253 e. The number of anilines is 1. The van der Waals surface area contributed by atoms with Crippen LogP contribution in [0.15, 0.2) is 18.2 Å². The molecule has 0 saturated heterocycles. The zero-order valence-electron chi connectivity index (χ0n) is 11.7. The Hall–Kier alpha value is -1.55. The Morgan fingerprint density at radius 2 is 2.21 bits per heavy atom. The number of amides is 1. The van der Waals surface area contributed by atoms with E-state index in [4.69, 9.17) is 10.5 Å². The summed E-state index contributed by atoms with van der Waals surface area (Å²) in [6, 6.07) is 5.38. The van der Waals surface area contributed by atoms with Gasteiger partial charge in [-0.15, -0.1) is 0 Å². The zero-order valence-corrected chi connectivity index (χ0v) is 11.7. The Kier molecular flexibility index (Phi) is 4.43. The number of nitrogens with zero attached hydrogens (tertiary/aromatic N) is 1. The summed E-state index contributed by atoms with van der Waals surface area (Å²) in [5, 5.41) is 0. The number of hydrogen-bond donors (Lipinski definition) is 1. The van der Waals surface area contributed by atoms with Crippen molar-refractivity contribution in [3.63, 3.8) is 0 Å². The zero-order chi connectivity index (χ0) is 13.8. The highest BCUT2D eigenvalue weighted by Gasteiger charge is 2.21. The summed E-state index contributed by atoms with van der Waals surface area (Å²) in [7, 11) is 1.80. The highest BCUT2D eigenvalue weighted by atomic mass is 16.5. The van der Waals surface area contributed by atoms with E-state index in [9.17, 15) is 4.79 Å². The van der Waals surface area contributed by atoms with E-state index in [1.807, 2.05) is 13.0 Å². The quantitative estimate of drug-likeness (QED) is 0.631. The van der Waals surface area contributed by atoms with E-state index in [0.29, 0.717) is 24.4 Å². The van der Waals surface area contributed by atoms with Gasteiger partial charge in [0.05, 0.1) is 6.61 Å². The average molecular weight is 262 g/mol. The Labute approximate surface area is 114 Å². The Bertz CT molecular complexity index is 455. The number of nitrogen functional groups attached to an aromatic ring is 1. The van der Waals surface area contributed by atoms with Gasteiger partial charge in [-0.3, -0.25) is 4.79 Å². The van der Waals surface area contributed by atoms with Crippen LogP contribution in [0.5, 0.6) is 0 Å². The first-order chi connectivity index (χ1) is 9.08. The van der Waals surface area contributed by atoms with Gasteiger partial charge in [-0.2, -0.15) is 0 Å². The molecule has 104 valence electrons. The van der Waals surface area contributed by atoms with Gasteiger partial charge in [-0.25, -0.2) is 0 Å². The Balaban J connectivity index is 1.81. The normalized spacial score (nSPS) is 14.4. The predicted octanol–water partition coefficient (Wildman–Crippen LogP) is 2.08. The first-order valence-corrected chi connectivity index (χ1v) is 6.77. The largest absolute Gasteiger partial charge is 0.399 e. The second-order valence-corrected chi connectivity index (χ2v) is 5.32. The molecule has 1 aromatic rings. The fourth-order valence-corrected chi connectivity index (χ4v) is 1.87. The molecule has 1 saturated carbocycles. The fourth-order valence-electron chi connectivity index (χ4n) is 1.87. The van der Waals surface area contributed by atoms with Crippen LogP contribution in [0.3, 0.4) is 0 Å². The van der Waals surface area contributed by atoms with Crippen LogP contribution >= 0.6 is 0 Å². The Morgan fingerprint density at radius 3 is 2.84 bits per heavy atom. The molecular weight excluding hydrogens is 240 g/mol. The van der Waals surface area contributed by atoms with Crippen LogP contribution in [0.25, 0.3) is 0 Å². The topological polar surface area (TPSA) is 55.6 Å². The molecule has 0 aliphatic heterocycles. The van der Waals surface area contributed by atoms with Crippen molar-refractivity contribution in [3.05, 3.63) is 29.3 Å². The molecule has 1 aliphatic carbocycles. The summed E-state index contributed by atoms with van der Waals surface area (Å²) >= 11 is 0. The van der Waals surface area contributed by atoms with E-state index in [-0.39, 0.29) is 5.91 Å². The van der Waals surface area contributed by atoms with E-state index in [2.05, 4.69) is 0 Å². The van der Waals surface area contributed by atoms with Gasteiger partial charge in [0.2, 0.25) is 0 Å². The molecule has 1 aromatic carbocycles. The maximum atomic E-state index is 12.2. The number of nitrogens with two attached hydrogens (primary N) is 1. The van der Waals surface area contributed by atoms with Crippen molar-refractivity contribution < 1.29 is 9.53 Å². The van der Waals surface area contributed by atoms with Gasteiger partial charge in [0.25, 0.3) is 5.91 Å². The minimum Gasteiger partial charge on any atom is -0.399 e. The van der Waals surface area contributed by atoms with Gasteiger partial charge in [0, 0.05) is 31.5 Å². The van der Waals surface area contributed by atoms with Crippen molar-refractivity contribution >= 4 is 11.6 Å². The van der Waals surface area contributed by atoms with Crippen LogP contribution in [0.4, 0.5) is 5.69 Å².